The number of carbonyl (C=O) groups is 1. The maximum Gasteiger partial charge on any atom is 0.233 e. The molecular weight excluding hydrogens is 434 g/mol. The summed E-state index contributed by atoms with van der Waals surface area (Å²) in [6, 6.07) is 3.92. The number of thioether (sulfide) groups is 1. The van der Waals surface area contributed by atoms with E-state index in [9.17, 15) is 13.2 Å². The molecule has 31 heavy (non-hydrogen) atoms. The molecular formula is C21H29N5O3S2. The Morgan fingerprint density at radius 1 is 1.26 bits per heavy atom. The summed E-state index contributed by atoms with van der Waals surface area (Å²) in [7, 11) is -1.33. The summed E-state index contributed by atoms with van der Waals surface area (Å²) in [5, 5.41) is 9.63. The first kappa shape index (κ1) is 22.3. The minimum Gasteiger partial charge on any atom is -0.341 e. The molecule has 2 aromatic rings. The van der Waals surface area contributed by atoms with Crippen molar-refractivity contribution in [3.8, 4) is 11.4 Å². The lowest BCUT2D eigenvalue weighted by atomic mass is 9.85. The van der Waals surface area contributed by atoms with E-state index in [1.54, 1.807) is 24.3 Å². The van der Waals surface area contributed by atoms with Crippen molar-refractivity contribution in [3.63, 3.8) is 0 Å². The Bertz CT molecular complexity index is 1020. The van der Waals surface area contributed by atoms with Gasteiger partial charge in [-0.25, -0.2) is 8.42 Å². The quantitative estimate of drug-likeness (QED) is 0.608. The molecule has 0 bridgehead atoms. The number of carbonyl (C=O) groups excluding carboxylic acids is 1. The van der Waals surface area contributed by atoms with Crippen LogP contribution in [0.25, 0.3) is 11.4 Å². The molecule has 2 aromatic heterocycles. The molecule has 4 rings (SSSR count). The first-order valence-electron chi connectivity index (χ1n) is 10.8. The third-order valence-corrected chi connectivity index (χ3v) is 9.13. The predicted molar refractivity (Wildman–Crippen MR) is 120 cm³/mol. The molecule has 2 fully saturated rings. The van der Waals surface area contributed by atoms with Gasteiger partial charge in [-0.2, -0.15) is 0 Å². The van der Waals surface area contributed by atoms with E-state index >= 15 is 0 Å². The standard InChI is InChI=1S/C21H29N5O3S2/c1-15-6-3-4-8-18(15)26-20(16-7-5-10-22-12-16)23-24-21(26)30-13-19(27)25(2)17-9-11-31(28,29)14-17/h5,7,10,12,15,17-18H,3-4,6,8-9,11,13-14H2,1-2H3/t15-,17-,18+/m1/s1. The lowest BCUT2D eigenvalue weighted by Crippen LogP contribution is -2.38. The lowest BCUT2D eigenvalue weighted by Gasteiger charge is -2.31. The Morgan fingerprint density at radius 3 is 2.74 bits per heavy atom. The number of sulfone groups is 1. The van der Waals surface area contributed by atoms with Crippen molar-refractivity contribution < 1.29 is 13.2 Å². The van der Waals surface area contributed by atoms with Gasteiger partial charge in [-0.1, -0.05) is 31.5 Å². The lowest BCUT2D eigenvalue weighted by molar-refractivity contribution is -0.128. The van der Waals surface area contributed by atoms with E-state index in [4.69, 9.17) is 0 Å². The summed E-state index contributed by atoms with van der Waals surface area (Å²) in [4.78, 5) is 18.6. The minimum atomic E-state index is -3.03. The summed E-state index contributed by atoms with van der Waals surface area (Å²) in [6.45, 7) is 2.27. The second-order valence-electron chi connectivity index (χ2n) is 8.60. The van der Waals surface area contributed by atoms with Crippen molar-refractivity contribution in [2.75, 3.05) is 24.3 Å². The zero-order chi connectivity index (χ0) is 22.0. The first-order chi connectivity index (χ1) is 14.9. The molecule has 1 saturated heterocycles. The minimum absolute atomic E-state index is 0.0564. The van der Waals surface area contributed by atoms with Crippen molar-refractivity contribution in [1.82, 2.24) is 24.6 Å². The molecule has 1 aliphatic heterocycles. The third kappa shape index (κ3) is 4.95. The van der Waals surface area contributed by atoms with Gasteiger partial charge in [0.1, 0.15) is 0 Å². The zero-order valence-corrected chi connectivity index (χ0v) is 19.6. The summed E-state index contributed by atoms with van der Waals surface area (Å²) >= 11 is 1.38. The van der Waals surface area contributed by atoms with Crippen molar-refractivity contribution in [2.45, 2.75) is 56.3 Å². The van der Waals surface area contributed by atoms with E-state index in [1.165, 1.54) is 24.6 Å². The van der Waals surface area contributed by atoms with E-state index in [0.717, 1.165) is 29.4 Å². The fraction of sp³-hybridized carbons (Fsp3) is 0.619. The zero-order valence-electron chi connectivity index (χ0n) is 18.0. The van der Waals surface area contributed by atoms with Crippen LogP contribution in [-0.4, -0.2) is 69.3 Å². The fourth-order valence-corrected chi connectivity index (χ4v) is 7.25. The molecule has 0 spiro atoms. The number of nitrogens with zero attached hydrogens (tertiary/aromatic N) is 5. The van der Waals surface area contributed by atoms with E-state index in [1.807, 2.05) is 12.1 Å². The van der Waals surface area contributed by atoms with Crippen LogP contribution in [0.5, 0.6) is 0 Å². The summed E-state index contributed by atoms with van der Waals surface area (Å²) in [5.74, 6) is 1.63. The number of hydrogen-bond donors (Lipinski definition) is 0. The van der Waals surface area contributed by atoms with Gasteiger partial charge in [-0.15, -0.1) is 10.2 Å². The second kappa shape index (κ2) is 9.28. The normalized spacial score (nSPS) is 25.4. The number of pyridine rings is 1. The van der Waals surface area contributed by atoms with Gasteiger partial charge in [0.05, 0.1) is 17.3 Å². The maximum absolute atomic E-state index is 12.8. The van der Waals surface area contributed by atoms with Crippen molar-refractivity contribution >= 4 is 27.5 Å². The molecule has 2 aliphatic rings. The number of amides is 1. The fourth-order valence-electron chi connectivity index (χ4n) is 4.56. The summed E-state index contributed by atoms with van der Waals surface area (Å²) in [6.07, 6.45) is 8.67. The number of rotatable bonds is 6. The Morgan fingerprint density at radius 2 is 2.06 bits per heavy atom. The topological polar surface area (TPSA) is 98.1 Å². The molecule has 10 heteroatoms. The Balaban J connectivity index is 1.54. The highest BCUT2D eigenvalue weighted by atomic mass is 32.2. The molecule has 3 atom stereocenters. The molecule has 3 heterocycles. The SMILES string of the molecule is C[C@@H]1CCCC[C@@H]1n1c(SCC(=O)N(C)[C@@H]2CCS(=O)(=O)C2)nnc1-c1cccnc1. The molecule has 1 amide bonds. The molecule has 0 unspecified atom stereocenters. The molecule has 1 saturated carbocycles. The van der Waals surface area contributed by atoms with Crippen LogP contribution >= 0.6 is 11.8 Å². The summed E-state index contributed by atoms with van der Waals surface area (Å²) < 4.78 is 25.7. The van der Waals surface area contributed by atoms with Crippen LogP contribution in [0.1, 0.15) is 45.1 Å². The average molecular weight is 464 g/mol. The van der Waals surface area contributed by atoms with E-state index in [-0.39, 0.29) is 35.2 Å². The summed E-state index contributed by atoms with van der Waals surface area (Å²) in [5.41, 5.74) is 0.916. The van der Waals surface area contributed by atoms with Gasteiger partial charge in [0.25, 0.3) is 0 Å². The first-order valence-corrected chi connectivity index (χ1v) is 13.6. The van der Waals surface area contributed by atoms with Crippen LogP contribution < -0.4 is 0 Å². The van der Waals surface area contributed by atoms with E-state index in [2.05, 4.69) is 26.7 Å². The van der Waals surface area contributed by atoms with Crippen LogP contribution in [0.3, 0.4) is 0 Å². The largest absolute Gasteiger partial charge is 0.341 e. The molecule has 8 nitrogen and oxygen atoms in total. The Kier molecular flexibility index (Phi) is 6.66. The molecule has 0 aromatic carbocycles. The van der Waals surface area contributed by atoms with Gasteiger partial charge in [0, 0.05) is 37.1 Å². The van der Waals surface area contributed by atoms with Crippen molar-refractivity contribution in [2.24, 2.45) is 5.92 Å². The van der Waals surface area contributed by atoms with E-state index < -0.39 is 9.84 Å². The highest BCUT2D eigenvalue weighted by Gasteiger charge is 2.33. The molecule has 168 valence electrons. The van der Waals surface area contributed by atoms with E-state index in [0.29, 0.717) is 12.3 Å². The van der Waals surface area contributed by atoms with Crippen LogP contribution in [0.2, 0.25) is 0 Å². The van der Waals surface area contributed by atoms with Crippen molar-refractivity contribution in [3.05, 3.63) is 24.5 Å². The van der Waals surface area contributed by atoms with Crippen LogP contribution in [0.15, 0.2) is 29.7 Å². The molecule has 0 N–H and O–H groups in total. The number of aromatic nitrogens is 4. The van der Waals surface area contributed by atoms with Crippen LogP contribution in [-0.2, 0) is 14.6 Å². The Labute approximate surface area is 187 Å². The highest BCUT2D eigenvalue weighted by Crippen LogP contribution is 2.39. The van der Waals surface area contributed by atoms with Gasteiger partial charge < -0.3 is 4.90 Å². The van der Waals surface area contributed by atoms with Gasteiger partial charge in [0.15, 0.2) is 20.8 Å². The van der Waals surface area contributed by atoms with Crippen molar-refractivity contribution in [1.29, 1.82) is 0 Å². The molecule has 1 aliphatic carbocycles. The Hall–Kier alpha value is -1.94. The monoisotopic (exact) mass is 463 g/mol. The van der Waals surface area contributed by atoms with Crippen LogP contribution in [0.4, 0.5) is 0 Å². The second-order valence-corrected chi connectivity index (χ2v) is 11.8. The number of hydrogen-bond acceptors (Lipinski definition) is 7. The van der Waals surface area contributed by atoms with Gasteiger partial charge >= 0.3 is 0 Å². The third-order valence-electron chi connectivity index (χ3n) is 6.46. The smallest absolute Gasteiger partial charge is 0.233 e. The van der Waals surface area contributed by atoms with Gasteiger partial charge in [-0.3, -0.25) is 14.3 Å². The van der Waals surface area contributed by atoms with Gasteiger partial charge in [0.2, 0.25) is 5.91 Å². The molecule has 0 radical (unpaired) electrons. The predicted octanol–water partition coefficient (Wildman–Crippen LogP) is 2.83. The average Bonchev–Trinajstić information content (AvgIpc) is 3.35. The highest BCUT2D eigenvalue weighted by molar-refractivity contribution is 7.99. The van der Waals surface area contributed by atoms with Gasteiger partial charge in [-0.05, 0) is 37.3 Å². The maximum atomic E-state index is 12.8. The van der Waals surface area contributed by atoms with Crippen LogP contribution in [0, 0.1) is 5.92 Å².